The van der Waals surface area contributed by atoms with Gasteiger partial charge in [-0.15, -0.1) is 0 Å². The molecule has 4 heteroatoms. The van der Waals surface area contributed by atoms with E-state index in [-0.39, 0.29) is 12.5 Å². The molecule has 2 N–H and O–H groups in total. The Morgan fingerprint density at radius 1 is 0.950 bits per heavy atom. The fraction of sp³-hybridized carbons (Fsp3) is 0.125. The Morgan fingerprint density at radius 3 is 1.90 bits per heavy atom. The van der Waals surface area contributed by atoms with E-state index in [9.17, 15) is 4.79 Å². The van der Waals surface area contributed by atoms with Crippen LogP contribution >= 0.6 is 0 Å². The predicted octanol–water partition coefficient (Wildman–Crippen LogP) is 1.77. The summed E-state index contributed by atoms with van der Waals surface area (Å²) in [7, 11) is 1.72. The van der Waals surface area contributed by atoms with Gasteiger partial charge in [-0.3, -0.25) is 4.79 Å². The minimum atomic E-state index is -0.170. The SMILES string of the molecule is CNCC(=O)NN=C(c1ccccc1)c1ccccc1. The summed E-state index contributed by atoms with van der Waals surface area (Å²) in [6, 6.07) is 19.6. The van der Waals surface area contributed by atoms with Crippen molar-refractivity contribution >= 4 is 11.6 Å². The van der Waals surface area contributed by atoms with Gasteiger partial charge in [-0.2, -0.15) is 5.10 Å². The average Bonchev–Trinajstić information content (AvgIpc) is 2.50. The molecule has 2 aromatic carbocycles. The fourth-order valence-electron chi connectivity index (χ4n) is 1.81. The number of carbonyl (C=O) groups excluding carboxylic acids is 1. The number of nitrogens with zero attached hydrogens (tertiary/aromatic N) is 1. The van der Waals surface area contributed by atoms with Gasteiger partial charge in [-0.25, -0.2) is 5.43 Å². The van der Waals surface area contributed by atoms with Gasteiger partial charge < -0.3 is 5.32 Å². The molecule has 0 atom stereocenters. The second-order valence-corrected chi connectivity index (χ2v) is 4.26. The normalized spacial score (nSPS) is 9.85. The van der Waals surface area contributed by atoms with Crippen LogP contribution < -0.4 is 10.7 Å². The lowest BCUT2D eigenvalue weighted by molar-refractivity contribution is -0.120. The molecule has 0 aliphatic rings. The molecule has 0 aromatic heterocycles. The van der Waals surface area contributed by atoms with Crippen molar-refractivity contribution in [2.24, 2.45) is 5.10 Å². The highest BCUT2D eigenvalue weighted by atomic mass is 16.2. The molecular formula is C16H17N3O. The quantitative estimate of drug-likeness (QED) is 0.641. The van der Waals surface area contributed by atoms with E-state index in [2.05, 4.69) is 15.8 Å². The Balaban J connectivity index is 2.30. The highest BCUT2D eigenvalue weighted by Crippen LogP contribution is 2.10. The van der Waals surface area contributed by atoms with Crippen LogP contribution in [0.25, 0.3) is 0 Å². The number of likely N-dealkylation sites (N-methyl/N-ethyl adjacent to an activating group) is 1. The van der Waals surface area contributed by atoms with E-state index in [1.165, 1.54) is 0 Å². The maximum atomic E-state index is 11.5. The van der Waals surface area contributed by atoms with Crippen molar-refractivity contribution in [3.63, 3.8) is 0 Å². The van der Waals surface area contributed by atoms with Crippen molar-refractivity contribution in [2.45, 2.75) is 0 Å². The van der Waals surface area contributed by atoms with E-state index in [0.717, 1.165) is 16.8 Å². The Hall–Kier alpha value is -2.46. The number of amides is 1. The van der Waals surface area contributed by atoms with Gasteiger partial charge in [0.25, 0.3) is 5.91 Å². The van der Waals surface area contributed by atoms with Crippen LogP contribution in [0.3, 0.4) is 0 Å². The Labute approximate surface area is 118 Å². The first kappa shape index (κ1) is 14.0. The molecule has 0 fully saturated rings. The first-order valence-corrected chi connectivity index (χ1v) is 6.43. The number of hydrazone groups is 1. The van der Waals surface area contributed by atoms with Crippen LogP contribution in [0.1, 0.15) is 11.1 Å². The number of hydrogen-bond acceptors (Lipinski definition) is 3. The zero-order valence-corrected chi connectivity index (χ0v) is 11.3. The highest BCUT2D eigenvalue weighted by Gasteiger charge is 2.07. The number of benzene rings is 2. The van der Waals surface area contributed by atoms with Gasteiger partial charge in [0, 0.05) is 11.1 Å². The minimum Gasteiger partial charge on any atom is -0.311 e. The molecule has 0 unspecified atom stereocenters. The summed E-state index contributed by atoms with van der Waals surface area (Å²) in [6.07, 6.45) is 0. The average molecular weight is 267 g/mol. The zero-order valence-electron chi connectivity index (χ0n) is 11.3. The third kappa shape index (κ3) is 3.76. The van der Waals surface area contributed by atoms with E-state index in [1.54, 1.807) is 7.05 Å². The zero-order chi connectivity index (χ0) is 14.2. The molecule has 0 heterocycles. The summed E-state index contributed by atoms with van der Waals surface area (Å²) in [4.78, 5) is 11.5. The maximum absolute atomic E-state index is 11.5. The Kier molecular flexibility index (Phi) is 5.03. The van der Waals surface area contributed by atoms with Crippen molar-refractivity contribution in [2.75, 3.05) is 13.6 Å². The smallest absolute Gasteiger partial charge is 0.254 e. The molecule has 0 saturated carbocycles. The van der Waals surface area contributed by atoms with Gasteiger partial charge in [-0.1, -0.05) is 60.7 Å². The van der Waals surface area contributed by atoms with E-state index in [0.29, 0.717) is 0 Å². The van der Waals surface area contributed by atoms with Crippen LogP contribution in [-0.2, 0) is 4.79 Å². The minimum absolute atomic E-state index is 0.170. The summed E-state index contributed by atoms with van der Waals surface area (Å²) in [5.41, 5.74) is 5.24. The molecule has 0 aliphatic carbocycles. The van der Waals surface area contributed by atoms with Gasteiger partial charge in [0.1, 0.15) is 0 Å². The lowest BCUT2D eigenvalue weighted by Crippen LogP contribution is -2.29. The standard InChI is InChI=1S/C16H17N3O/c1-17-12-15(20)18-19-16(13-8-4-2-5-9-13)14-10-6-3-7-11-14/h2-11,17H,12H2,1H3,(H,18,20). The number of hydrogen-bond donors (Lipinski definition) is 2. The third-order valence-corrected chi connectivity index (χ3v) is 2.72. The van der Waals surface area contributed by atoms with Crippen molar-refractivity contribution in [1.82, 2.24) is 10.7 Å². The second-order valence-electron chi connectivity index (χ2n) is 4.26. The summed E-state index contributed by atoms with van der Waals surface area (Å²) in [5, 5.41) is 7.05. The molecule has 0 radical (unpaired) electrons. The Bertz CT molecular complexity index is 538. The van der Waals surface area contributed by atoms with Crippen molar-refractivity contribution in [3.05, 3.63) is 71.8 Å². The van der Waals surface area contributed by atoms with Crippen LogP contribution in [0.2, 0.25) is 0 Å². The number of carbonyl (C=O) groups is 1. The molecule has 102 valence electrons. The van der Waals surface area contributed by atoms with E-state index in [1.807, 2.05) is 60.7 Å². The topological polar surface area (TPSA) is 53.5 Å². The van der Waals surface area contributed by atoms with Gasteiger partial charge in [-0.05, 0) is 7.05 Å². The Morgan fingerprint density at radius 2 is 1.45 bits per heavy atom. The molecule has 0 saturated heterocycles. The maximum Gasteiger partial charge on any atom is 0.254 e. The first-order valence-electron chi connectivity index (χ1n) is 6.43. The molecule has 4 nitrogen and oxygen atoms in total. The van der Waals surface area contributed by atoms with E-state index < -0.39 is 0 Å². The van der Waals surface area contributed by atoms with Crippen LogP contribution in [0.4, 0.5) is 0 Å². The van der Waals surface area contributed by atoms with Crippen molar-refractivity contribution in [1.29, 1.82) is 0 Å². The molecule has 1 amide bonds. The second kappa shape index (κ2) is 7.21. The lowest BCUT2D eigenvalue weighted by atomic mass is 10.0. The number of nitrogens with one attached hydrogen (secondary N) is 2. The lowest BCUT2D eigenvalue weighted by Gasteiger charge is -2.07. The molecule has 20 heavy (non-hydrogen) atoms. The third-order valence-electron chi connectivity index (χ3n) is 2.72. The monoisotopic (exact) mass is 267 g/mol. The largest absolute Gasteiger partial charge is 0.311 e. The molecule has 2 aromatic rings. The molecule has 0 spiro atoms. The first-order chi connectivity index (χ1) is 9.81. The summed E-state index contributed by atoms with van der Waals surface area (Å²) in [5.74, 6) is -0.170. The van der Waals surface area contributed by atoms with Crippen LogP contribution in [-0.4, -0.2) is 25.2 Å². The summed E-state index contributed by atoms with van der Waals surface area (Å²) >= 11 is 0. The van der Waals surface area contributed by atoms with E-state index in [4.69, 9.17) is 0 Å². The summed E-state index contributed by atoms with van der Waals surface area (Å²) in [6.45, 7) is 0.236. The molecule has 2 rings (SSSR count). The molecule has 0 aliphatic heterocycles. The molecule has 0 bridgehead atoms. The van der Waals surface area contributed by atoms with Crippen LogP contribution in [0, 0.1) is 0 Å². The van der Waals surface area contributed by atoms with Crippen LogP contribution in [0.15, 0.2) is 65.8 Å². The highest BCUT2D eigenvalue weighted by molar-refractivity contribution is 6.13. The fourth-order valence-corrected chi connectivity index (χ4v) is 1.81. The van der Waals surface area contributed by atoms with Crippen molar-refractivity contribution in [3.8, 4) is 0 Å². The number of rotatable bonds is 5. The van der Waals surface area contributed by atoms with Gasteiger partial charge in [0.2, 0.25) is 0 Å². The molecular weight excluding hydrogens is 250 g/mol. The summed E-state index contributed by atoms with van der Waals surface area (Å²) < 4.78 is 0. The van der Waals surface area contributed by atoms with Crippen molar-refractivity contribution < 1.29 is 4.79 Å². The van der Waals surface area contributed by atoms with Gasteiger partial charge in [0.05, 0.1) is 12.3 Å². The van der Waals surface area contributed by atoms with Crippen LogP contribution in [0.5, 0.6) is 0 Å². The predicted molar refractivity (Wildman–Crippen MR) is 80.6 cm³/mol. The van der Waals surface area contributed by atoms with E-state index >= 15 is 0 Å². The van der Waals surface area contributed by atoms with Gasteiger partial charge >= 0.3 is 0 Å². The van der Waals surface area contributed by atoms with Gasteiger partial charge in [0.15, 0.2) is 0 Å².